The highest BCUT2D eigenvalue weighted by Crippen LogP contribution is 2.21. The number of nitrogens with one attached hydrogen (secondary N) is 1. The van der Waals surface area contributed by atoms with Gasteiger partial charge in [-0.05, 0) is 24.3 Å². The standard InChI is InChI=1S/C16H18ClNO2/c1-19-9-10-20-16-8-3-2-5-13(16)12-18-15-7-4-6-14(17)11-15/h2-8,11,18H,9-10,12H2,1H3. The molecule has 20 heavy (non-hydrogen) atoms. The molecule has 0 aliphatic carbocycles. The minimum atomic E-state index is 0.546. The fourth-order valence-electron chi connectivity index (χ4n) is 1.82. The van der Waals surface area contributed by atoms with Crippen LogP contribution in [0.2, 0.25) is 5.02 Å². The van der Waals surface area contributed by atoms with E-state index in [1.165, 1.54) is 0 Å². The number of anilines is 1. The topological polar surface area (TPSA) is 30.5 Å². The third kappa shape index (κ3) is 4.44. The number of benzene rings is 2. The molecule has 1 N–H and O–H groups in total. The molecular weight excluding hydrogens is 274 g/mol. The van der Waals surface area contributed by atoms with Crippen LogP contribution in [0, 0.1) is 0 Å². The molecule has 0 saturated carbocycles. The molecular formula is C16H18ClNO2. The first-order valence-corrected chi connectivity index (χ1v) is 6.86. The average molecular weight is 292 g/mol. The molecule has 2 aromatic rings. The summed E-state index contributed by atoms with van der Waals surface area (Å²) >= 11 is 5.96. The second kappa shape index (κ2) is 7.78. The highest BCUT2D eigenvalue weighted by molar-refractivity contribution is 6.30. The molecule has 0 atom stereocenters. The predicted molar refractivity (Wildman–Crippen MR) is 82.6 cm³/mol. The van der Waals surface area contributed by atoms with E-state index in [0.29, 0.717) is 19.8 Å². The molecule has 0 unspecified atom stereocenters. The van der Waals surface area contributed by atoms with Gasteiger partial charge in [-0.1, -0.05) is 35.9 Å². The van der Waals surface area contributed by atoms with E-state index < -0.39 is 0 Å². The Morgan fingerprint density at radius 1 is 1.05 bits per heavy atom. The molecule has 0 radical (unpaired) electrons. The zero-order chi connectivity index (χ0) is 14.2. The van der Waals surface area contributed by atoms with Crippen molar-refractivity contribution in [3.8, 4) is 5.75 Å². The van der Waals surface area contributed by atoms with E-state index in [1.54, 1.807) is 7.11 Å². The van der Waals surface area contributed by atoms with Crippen LogP contribution in [0.15, 0.2) is 48.5 Å². The van der Waals surface area contributed by atoms with Crippen molar-refractivity contribution in [3.05, 3.63) is 59.1 Å². The van der Waals surface area contributed by atoms with E-state index in [-0.39, 0.29) is 0 Å². The zero-order valence-electron chi connectivity index (χ0n) is 11.4. The van der Waals surface area contributed by atoms with Gasteiger partial charge in [0.2, 0.25) is 0 Å². The van der Waals surface area contributed by atoms with Gasteiger partial charge in [0.1, 0.15) is 12.4 Å². The highest BCUT2D eigenvalue weighted by Gasteiger charge is 2.03. The fourth-order valence-corrected chi connectivity index (χ4v) is 2.01. The van der Waals surface area contributed by atoms with Crippen molar-refractivity contribution in [3.63, 3.8) is 0 Å². The highest BCUT2D eigenvalue weighted by atomic mass is 35.5. The number of rotatable bonds is 7. The molecule has 4 heteroatoms. The van der Waals surface area contributed by atoms with Gasteiger partial charge in [0.25, 0.3) is 0 Å². The lowest BCUT2D eigenvalue weighted by Crippen LogP contribution is -2.07. The van der Waals surface area contributed by atoms with Crippen molar-refractivity contribution in [2.45, 2.75) is 6.54 Å². The molecule has 0 heterocycles. The number of methoxy groups -OCH3 is 1. The summed E-state index contributed by atoms with van der Waals surface area (Å²) in [6, 6.07) is 15.6. The Kier molecular flexibility index (Phi) is 5.71. The first-order chi connectivity index (χ1) is 9.79. The maximum atomic E-state index is 5.96. The monoisotopic (exact) mass is 291 g/mol. The van der Waals surface area contributed by atoms with Gasteiger partial charge in [-0.2, -0.15) is 0 Å². The number of para-hydroxylation sites is 1. The fraction of sp³-hybridized carbons (Fsp3) is 0.250. The normalized spacial score (nSPS) is 10.3. The smallest absolute Gasteiger partial charge is 0.124 e. The van der Waals surface area contributed by atoms with Crippen LogP contribution in [0.25, 0.3) is 0 Å². The molecule has 2 rings (SSSR count). The van der Waals surface area contributed by atoms with Crippen molar-refractivity contribution in [2.75, 3.05) is 25.6 Å². The van der Waals surface area contributed by atoms with Crippen LogP contribution in [0.4, 0.5) is 5.69 Å². The average Bonchev–Trinajstić information content (AvgIpc) is 2.47. The first-order valence-electron chi connectivity index (χ1n) is 6.48. The lowest BCUT2D eigenvalue weighted by molar-refractivity contribution is 0.146. The van der Waals surface area contributed by atoms with Crippen LogP contribution >= 0.6 is 11.6 Å². The molecule has 0 fully saturated rings. The summed E-state index contributed by atoms with van der Waals surface area (Å²) in [5.41, 5.74) is 2.09. The summed E-state index contributed by atoms with van der Waals surface area (Å²) in [4.78, 5) is 0. The van der Waals surface area contributed by atoms with Crippen molar-refractivity contribution >= 4 is 17.3 Å². The zero-order valence-corrected chi connectivity index (χ0v) is 12.2. The summed E-state index contributed by atoms with van der Waals surface area (Å²) in [5.74, 6) is 0.874. The second-order valence-electron chi connectivity index (χ2n) is 4.31. The number of ether oxygens (including phenoxy) is 2. The summed E-state index contributed by atoms with van der Waals surface area (Å²) in [6.07, 6.45) is 0. The van der Waals surface area contributed by atoms with Crippen LogP contribution in [0.3, 0.4) is 0 Å². The molecule has 0 bridgehead atoms. The molecule has 0 saturated heterocycles. The van der Waals surface area contributed by atoms with E-state index in [9.17, 15) is 0 Å². The predicted octanol–water partition coefficient (Wildman–Crippen LogP) is 3.98. The lowest BCUT2D eigenvalue weighted by Gasteiger charge is -2.12. The van der Waals surface area contributed by atoms with E-state index in [0.717, 1.165) is 22.0 Å². The van der Waals surface area contributed by atoms with Crippen molar-refractivity contribution in [2.24, 2.45) is 0 Å². The van der Waals surface area contributed by atoms with Crippen LogP contribution < -0.4 is 10.1 Å². The van der Waals surface area contributed by atoms with Gasteiger partial charge in [0.05, 0.1) is 6.61 Å². The van der Waals surface area contributed by atoms with Gasteiger partial charge in [-0.25, -0.2) is 0 Å². The van der Waals surface area contributed by atoms with Gasteiger partial charge < -0.3 is 14.8 Å². The van der Waals surface area contributed by atoms with E-state index >= 15 is 0 Å². The van der Waals surface area contributed by atoms with E-state index in [4.69, 9.17) is 21.1 Å². The molecule has 0 aliphatic heterocycles. The van der Waals surface area contributed by atoms with Crippen LogP contribution in [0.5, 0.6) is 5.75 Å². The Labute approximate surface area is 124 Å². The largest absolute Gasteiger partial charge is 0.491 e. The number of hydrogen-bond acceptors (Lipinski definition) is 3. The molecule has 0 spiro atoms. The van der Waals surface area contributed by atoms with Crippen molar-refractivity contribution in [1.29, 1.82) is 0 Å². The Balaban J connectivity index is 1.98. The van der Waals surface area contributed by atoms with Crippen molar-refractivity contribution in [1.82, 2.24) is 0 Å². The maximum Gasteiger partial charge on any atom is 0.124 e. The maximum absolute atomic E-state index is 5.96. The summed E-state index contributed by atoms with van der Waals surface area (Å²) in [6.45, 7) is 1.81. The molecule has 3 nitrogen and oxygen atoms in total. The van der Waals surface area contributed by atoms with Crippen LogP contribution in [-0.2, 0) is 11.3 Å². The molecule has 2 aromatic carbocycles. The SMILES string of the molecule is COCCOc1ccccc1CNc1cccc(Cl)c1. The van der Waals surface area contributed by atoms with Crippen LogP contribution in [0.1, 0.15) is 5.56 Å². The third-order valence-electron chi connectivity index (χ3n) is 2.83. The minimum absolute atomic E-state index is 0.546. The number of halogens is 1. The summed E-state index contributed by atoms with van der Waals surface area (Å²) in [7, 11) is 1.66. The van der Waals surface area contributed by atoms with E-state index in [1.807, 2.05) is 48.5 Å². The summed E-state index contributed by atoms with van der Waals surface area (Å²) < 4.78 is 10.7. The van der Waals surface area contributed by atoms with Gasteiger partial charge in [0.15, 0.2) is 0 Å². The third-order valence-corrected chi connectivity index (χ3v) is 3.06. The van der Waals surface area contributed by atoms with Crippen molar-refractivity contribution < 1.29 is 9.47 Å². The number of hydrogen-bond donors (Lipinski definition) is 1. The molecule has 0 aliphatic rings. The van der Waals surface area contributed by atoms with Gasteiger partial charge in [0, 0.05) is 29.9 Å². The Morgan fingerprint density at radius 2 is 1.90 bits per heavy atom. The van der Waals surface area contributed by atoms with Gasteiger partial charge in [-0.3, -0.25) is 0 Å². The van der Waals surface area contributed by atoms with E-state index in [2.05, 4.69) is 5.32 Å². The molecule has 106 valence electrons. The lowest BCUT2D eigenvalue weighted by atomic mass is 10.2. The Bertz CT molecular complexity index is 546. The Hall–Kier alpha value is -1.71. The Morgan fingerprint density at radius 3 is 2.70 bits per heavy atom. The van der Waals surface area contributed by atoms with Gasteiger partial charge in [-0.15, -0.1) is 0 Å². The quantitative estimate of drug-likeness (QED) is 0.783. The molecule has 0 aromatic heterocycles. The van der Waals surface area contributed by atoms with Gasteiger partial charge >= 0.3 is 0 Å². The molecule has 0 amide bonds. The van der Waals surface area contributed by atoms with Crippen LogP contribution in [-0.4, -0.2) is 20.3 Å². The minimum Gasteiger partial charge on any atom is -0.491 e. The first kappa shape index (κ1) is 14.7. The second-order valence-corrected chi connectivity index (χ2v) is 4.75. The summed E-state index contributed by atoms with van der Waals surface area (Å²) in [5, 5.41) is 4.06.